The molecule has 1 aliphatic heterocycles. The van der Waals surface area contributed by atoms with E-state index < -0.39 is 6.10 Å². The molecule has 0 aromatic rings. The van der Waals surface area contributed by atoms with Gasteiger partial charge in [0.05, 0.1) is 6.10 Å². The molecule has 0 aliphatic carbocycles. The summed E-state index contributed by atoms with van der Waals surface area (Å²) >= 11 is 0. The Balaban J connectivity index is 2.23. The van der Waals surface area contributed by atoms with Gasteiger partial charge in [-0.1, -0.05) is 0 Å². The summed E-state index contributed by atoms with van der Waals surface area (Å²) in [6, 6.07) is 0. The highest BCUT2D eigenvalue weighted by Gasteiger charge is 2.25. The molecule has 70 valence electrons. The molecule has 0 aromatic heterocycles. The van der Waals surface area contributed by atoms with Crippen LogP contribution in [0.4, 0.5) is 4.79 Å². The van der Waals surface area contributed by atoms with E-state index in [-0.39, 0.29) is 12.7 Å². The molecule has 1 atom stereocenters. The second kappa shape index (κ2) is 4.27. The standard InChI is InChI=1S/C7H14N2O3/c8-2-4-12-7(11)9-3-1-6(10)5-9/h6,10H,1-5,8H2. The van der Waals surface area contributed by atoms with Gasteiger partial charge in [-0.25, -0.2) is 4.79 Å². The quantitative estimate of drug-likeness (QED) is 0.571. The minimum atomic E-state index is -0.393. The first kappa shape index (κ1) is 9.28. The highest BCUT2D eigenvalue weighted by atomic mass is 16.6. The molecule has 1 aliphatic rings. The number of nitrogens with zero attached hydrogens (tertiary/aromatic N) is 1. The molecule has 0 saturated carbocycles. The molecule has 1 amide bonds. The Morgan fingerprint density at radius 3 is 3.00 bits per heavy atom. The lowest BCUT2D eigenvalue weighted by Gasteiger charge is -2.14. The Labute approximate surface area is 71.1 Å². The van der Waals surface area contributed by atoms with Crippen LogP contribution in [-0.2, 0) is 4.74 Å². The summed E-state index contributed by atoms with van der Waals surface area (Å²) in [6.07, 6.45) is -0.134. The molecule has 0 radical (unpaired) electrons. The SMILES string of the molecule is NCCOC(=O)N1CCC(O)C1. The van der Waals surface area contributed by atoms with Crippen molar-refractivity contribution in [2.24, 2.45) is 5.73 Å². The molecule has 1 rings (SSSR count). The monoisotopic (exact) mass is 174 g/mol. The zero-order chi connectivity index (χ0) is 8.97. The largest absolute Gasteiger partial charge is 0.448 e. The number of ether oxygens (including phenoxy) is 1. The maximum absolute atomic E-state index is 11.1. The minimum Gasteiger partial charge on any atom is -0.448 e. The summed E-state index contributed by atoms with van der Waals surface area (Å²) in [5, 5.41) is 9.10. The van der Waals surface area contributed by atoms with Gasteiger partial charge < -0.3 is 20.5 Å². The molecule has 0 spiro atoms. The summed E-state index contributed by atoms with van der Waals surface area (Å²) in [7, 11) is 0. The van der Waals surface area contributed by atoms with Gasteiger partial charge in [0.1, 0.15) is 6.61 Å². The van der Waals surface area contributed by atoms with Crippen LogP contribution >= 0.6 is 0 Å². The van der Waals surface area contributed by atoms with E-state index in [9.17, 15) is 4.79 Å². The fraction of sp³-hybridized carbons (Fsp3) is 0.857. The van der Waals surface area contributed by atoms with Crippen molar-refractivity contribution in [2.45, 2.75) is 12.5 Å². The average Bonchev–Trinajstić information content (AvgIpc) is 2.47. The van der Waals surface area contributed by atoms with Gasteiger partial charge in [-0.05, 0) is 6.42 Å². The highest BCUT2D eigenvalue weighted by molar-refractivity contribution is 5.67. The summed E-state index contributed by atoms with van der Waals surface area (Å²) < 4.78 is 4.77. The lowest BCUT2D eigenvalue weighted by atomic mass is 10.3. The third kappa shape index (κ3) is 2.35. The van der Waals surface area contributed by atoms with Crippen LogP contribution in [0.25, 0.3) is 0 Å². The van der Waals surface area contributed by atoms with Gasteiger partial charge in [-0.3, -0.25) is 0 Å². The Hall–Kier alpha value is -0.810. The van der Waals surface area contributed by atoms with Gasteiger partial charge in [-0.15, -0.1) is 0 Å². The van der Waals surface area contributed by atoms with E-state index in [1.54, 1.807) is 0 Å². The highest BCUT2D eigenvalue weighted by Crippen LogP contribution is 2.09. The minimum absolute atomic E-state index is 0.241. The topological polar surface area (TPSA) is 75.8 Å². The first-order valence-electron chi connectivity index (χ1n) is 4.04. The predicted octanol–water partition coefficient (Wildman–Crippen LogP) is -0.852. The van der Waals surface area contributed by atoms with Gasteiger partial charge in [0, 0.05) is 19.6 Å². The van der Waals surface area contributed by atoms with Crippen LogP contribution in [0.15, 0.2) is 0 Å². The fourth-order valence-electron chi connectivity index (χ4n) is 1.15. The van der Waals surface area contributed by atoms with Crippen LogP contribution in [0.1, 0.15) is 6.42 Å². The van der Waals surface area contributed by atoms with Crippen LogP contribution in [0.5, 0.6) is 0 Å². The van der Waals surface area contributed by atoms with E-state index in [1.165, 1.54) is 4.90 Å². The van der Waals surface area contributed by atoms with E-state index in [1.807, 2.05) is 0 Å². The van der Waals surface area contributed by atoms with Crippen molar-refractivity contribution in [3.63, 3.8) is 0 Å². The normalized spacial score (nSPS) is 22.8. The third-order valence-electron chi connectivity index (χ3n) is 1.76. The summed E-state index contributed by atoms with van der Waals surface area (Å²) in [5.74, 6) is 0. The van der Waals surface area contributed by atoms with Crippen molar-refractivity contribution in [1.29, 1.82) is 0 Å². The van der Waals surface area contributed by atoms with Crippen molar-refractivity contribution in [1.82, 2.24) is 4.90 Å². The maximum atomic E-state index is 11.1. The van der Waals surface area contributed by atoms with Gasteiger partial charge in [0.15, 0.2) is 0 Å². The summed E-state index contributed by atoms with van der Waals surface area (Å²) in [5.41, 5.74) is 5.16. The molecule has 0 aromatic carbocycles. The predicted molar refractivity (Wildman–Crippen MR) is 42.6 cm³/mol. The fourth-order valence-corrected chi connectivity index (χ4v) is 1.15. The van der Waals surface area contributed by atoms with E-state index in [2.05, 4.69) is 0 Å². The molecule has 5 heteroatoms. The Kier molecular flexibility index (Phi) is 3.31. The zero-order valence-electron chi connectivity index (χ0n) is 6.90. The summed E-state index contributed by atoms with van der Waals surface area (Å²) in [4.78, 5) is 12.6. The number of carbonyl (C=O) groups excluding carboxylic acids is 1. The molecule has 1 unspecified atom stereocenters. The van der Waals surface area contributed by atoms with Gasteiger partial charge in [0.2, 0.25) is 0 Å². The smallest absolute Gasteiger partial charge is 0.409 e. The van der Waals surface area contributed by atoms with Crippen LogP contribution in [0.3, 0.4) is 0 Å². The van der Waals surface area contributed by atoms with Gasteiger partial charge in [-0.2, -0.15) is 0 Å². The number of aliphatic hydroxyl groups is 1. The number of nitrogens with two attached hydrogens (primary N) is 1. The van der Waals surface area contributed by atoms with Crippen LogP contribution in [0.2, 0.25) is 0 Å². The first-order valence-corrected chi connectivity index (χ1v) is 4.04. The van der Waals surface area contributed by atoms with E-state index in [0.717, 1.165) is 0 Å². The number of rotatable bonds is 2. The Bertz CT molecular complexity index is 163. The molecule has 0 bridgehead atoms. The Morgan fingerprint density at radius 2 is 2.50 bits per heavy atom. The number of carbonyl (C=O) groups is 1. The van der Waals surface area contributed by atoms with Crippen LogP contribution in [0, 0.1) is 0 Å². The Morgan fingerprint density at radius 1 is 1.75 bits per heavy atom. The van der Waals surface area contributed by atoms with Gasteiger partial charge >= 0.3 is 6.09 Å². The number of β-amino-alcohol motifs (C(OH)–C–C–N with tert-alkyl or cyclic N) is 1. The van der Waals surface area contributed by atoms with Crippen molar-refractivity contribution < 1.29 is 14.6 Å². The van der Waals surface area contributed by atoms with E-state index in [0.29, 0.717) is 26.1 Å². The second-order valence-corrected chi connectivity index (χ2v) is 2.79. The number of likely N-dealkylation sites (tertiary alicyclic amines) is 1. The molecule has 12 heavy (non-hydrogen) atoms. The summed E-state index contributed by atoms with van der Waals surface area (Å²) in [6.45, 7) is 1.53. The average molecular weight is 174 g/mol. The zero-order valence-corrected chi connectivity index (χ0v) is 6.90. The van der Waals surface area contributed by atoms with Crippen molar-refractivity contribution in [2.75, 3.05) is 26.2 Å². The number of amides is 1. The number of hydrogen-bond acceptors (Lipinski definition) is 4. The number of aliphatic hydroxyl groups excluding tert-OH is 1. The number of hydrogen-bond donors (Lipinski definition) is 2. The van der Waals surface area contributed by atoms with Crippen molar-refractivity contribution >= 4 is 6.09 Å². The molecule has 1 fully saturated rings. The molecule has 1 heterocycles. The van der Waals surface area contributed by atoms with Crippen molar-refractivity contribution in [3.05, 3.63) is 0 Å². The lowest BCUT2D eigenvalue weighted by Crippen LogP contribution is -2.31. The molecule has 1 saturated heterocycles. The molecule has 5 nitrogen and oxygen atoms in total. The van der Waals surface area contributed by atoms with Crippen molar-refractivity contribution in [3.8, 4) is 0 Å². The second-order valence-electron chi connectivity index (χ2n) is 2.79. The van der Waals surface area contributed by atoms with Gasteiger partial charge in [0.25, 0.3) is 0 Å². The van der Waals surface area contributed by atoms with Crippen LogP contribution < -0.4 is 5.73 Å². The van der Waals surface area contributed by atoms with Crippen LogP contribution in [-0.4, -0.2) is 48.4 Å². The lowest BCUT2D eigenvalue weighted by molar-refractivity contribution is 0.105. The maximum Gasteiger partial charge on any atom is 0.409 e. The molecular formula is C7H14N2O3. The molecular weight excluding hydrogens is 160 g/mol. The van der Waals surface area contributed by atoms with E-state index >= 15 is 0 Å². The van der Waals surface area contributed by atoms with E-state index in [4.69, 9.17) is 15.6 Å². The third-order valence-corrected chi connectivity index (χ3v) is 1.76. The molecule has 3 N–H and O–H groups in total. The first-order chi connectivity index (χ1) is 5.74.